The zero-order chi connectivity index (χ0) is 27.4. The molecule has 0 amide bonds. The van der Waals surface area contributed by atoms with E-state index in [1.807, 2.05) is 30.3 Å². The standard InChI is InChI=1S/C25H26F3N3O7/c1-34-22-19(30-10-16(31-29)13-8-14(26)18(28)15(27)9-13)21-17(37-23(22)20(32)24(33)35-2)11-36-25(38-21)12-6-4-3-5-7-12/h3-10,17,19-23,25,32H,11,29H2,1-2H3/p+1/t17?,19?,20-,21-,22?,23?,25?/m0/s1. The molecule has 0 spiro atoms. The van der Waals surface area contributed by atoms with E-state index in [1.54, 1.807) is 0 Å². The lowest BCUT2D eigenvalue weighted by Crippen LogP contribution is -2.89. The lowest BCUT2D eigenvalue weighted by Gasteiger charge is -2.46. The van der Waals surface area contributed by atoms with Crippen LogP contribution in [0.15, 0.2) is 47.6 Å². The smallest absolute Gasteiger partial charge is 0.337 e. The highest BCUT2D eigenvalue weighted by molar-refractivity contribution is 6.36. The molecule has 2 aromatic carbocycles. The minimum absolute atomic E-state index is 0.0372. The van der Waals surface area contributed by atoms with E-state index in [0.717, 1.165) is 24.8 Å². The molecule has 10 nitrogen and oxygen atoms in total. The Hall–Kier alpha value is -3.36. The fourth-order valence-corrected chi connectivity index (χ4v) is 4.49. The molecule has 0 aromatic heterocycles. The third-order valence-electron chi connectivity index (χ3n) is 6.35. The monoisotopic (exact) mass is 538 g/mol. The van der Waals surface area contributed by atoms with Crippen LogP contribution in [0.1, 0.15) is 17.4 Å². The molecule has 0 radical (unpaired) electrons. The molecule has 0 aliphatic carbocycles. The van der Waals surface area contributed by atoms with Crippen molar-refractivity contribution in [1.29, 1.82) is 0 Å². The highest BCUT2D eigenvalue weighted by Crippen LogP contribution is 2.34. The number of hydrazone groups is 1. The van der Waals surface area contributed by atoms with Crippen LogP contribution in [0.3, 0.4) is 0 Å². The van der Waals surface area contributed by atoms with E-state index in [0.29, 0.717) is 0 Å². The van der Waals surface area contributed by atoms with Crippen LogP contribution < -0.4 is 10.8 Å². The first-order valence-corrected chi connectivity index (χ1v) is 11.6. The molecule has 2 fully saturated rings. The first kappa shape index (κ1) is 27.7. The van der Waals surface area contributed by atoms with E-state index in [-0.39, 0.29) is 17.9 Å². The molecule has 7 atom stereocenters. The highest BCUT2D eigenvalue weighted by Gasteiger charge is 2.56. The largest absolute Gasteiger partial charge is 0.467 e. The van der Waals surface area contributed by atoms with Crippen LogP contribution in [0.4, 0.5) is 13.2 Å². The maximum atomic E-state index is 13.8. The van der Waals surface area contributed by atoms with Crippen molar-refractivity contribution >= 4 is 17.9 Å². The van der Waals surface area contributed by atoms with Gasteiger partial charge in [0.1, 0.15) is 12.2 Å². The van der Waals surface area contributed by atoms with Crippen molar-refractivity contribution in [2.24, 2.45) is 10.9 Å². The van der Waals surface area contributed by atoms with Gasteiger partial charge in [-0.05, 0) is 12.1 Å². The Morgan fingerprint density at radius 2 is 1.87 bits per heavy atom. The summed E-state index contributed by atoms with van der Waals surface area (Å²) in [5.74, 6) is 0.0390. The molecule has 2 saturated heterocycles. The second-order valence-corrected chi connectivity index (χ2v) is 8.59. The third-order valence-corrected chi connectivity index (χ3v) is 6.35. The SMILES string of the molecule is COC(=O)[C@@H](O)C1OC2COC(c3ccccc3)O[C@@H]2C([NH+]=CC(=NN)c2cc(F)c(F)c(F)c2)C1OC. The van der Waals surface area contributed by atoms with Crippen LogP contribution in [0.5, 0.6) is 0 Å². The molecule has 13 heteroatoms. The van der Waals surface area contributed by atoms with Crippen LogP contribution in [0.25, 0.3) is 0 Å². The van der Waals surface area contributed by atoms with Crippen LogP contribution >= 0.6 is 0 Å². The Bertz CT molecular complexity index is 1180. The number of hydrogen-bond donors (Lipinski definition) is 3. The summed E-state index contributed by atoms with van der Waals surface area (Å²) >= 11 is 0. The number of carbonyl (C=O) groups is 1. The zero-order valence-corrected chi connectivity index (χ0v) is 20.4. The van der Waals surface area contributed by atoms with Crippen molar-refractivity contribution in [2.75, 3.05) is 20.8 Å². The van der Waals surface area contributed by atoms with E-state index in [4.69, 9.17) is 24.8 Å². The van der Waals surface area contributed by atoms with E-state index in [9.17, 15) is 23.1 Å². The molecule has 4 rings (SSSR count). The van der Waals surface area contributed by atoms with Gasteiger partial charge in [-0.2, -0.15) is 5.10 Å². The molecule has 5 unspecified atom stereocenters. The molecule has 38 heavy (non-hydrogen) atoms. The second-order valence-electron chi connectivity index (χ2n) is 8.59. The van der Waals surface area contributed by atoms with Crippen molar-refractivity contribution in [1.82, 2.24) is 0 Å². The Balaban J connectivity index is 1.70. The molecule has 0 saturated carbocycles. The lowest BCUT2D eigenvalue weighted by atomic mass is 9.89. The third kappa shape index (κ3) is 5.56. The Morgan fingerprint density at radius 3 is 2.47 bits per heavy atom. The van der Waals surface area contributed by atoms with E-state index < -0.39 is 66.3 Å². The van der Waals surface area contributed by atoms with Crippen molar-refractivity contribution in [3.8, 4) is 0 Å². The fourth-order valence-electron chi connectivity index (χ4n) is 4.49. The summed E-state index contributed by atoms with van der Waals surface area (Å²) in [6.45, 7) is 0.0372. The number of rotatable bonds is 7. The number of nitrogens with one attached hydrogen (secondary N) is 1. The summed E-state index contributed by atoms with van der Waals surface area (Å²) in [5, 5.41) is 14.2. The summed E-state index contributed by atoms with van der Waals surface area (Å²) in [5.41, 5.74) is 0.466. The minimum Gasteiger partial charge on any atom is -0.467 e. The number of esters is 1. The molecule has 204 valence electrons. The second kappa shape index (κ2) is 12.0. The number of aliphatic hydroxyl groups is 1. The lowest BCUT2D eigenvalue weighted by molar-refractivity contribution is -0.552. The number of aliphatic hydroxyl groups excluding tert-OH is 1. The summed E-state index contributed by atoms with van der Waals surface area (Å²) in [6.07, 6.45) is -5.00. The van der Waals surface area contributed by atoms with E-state index >= 15 is 0 Å². The number of ether oxygens (including phenoxy) is 5. The summed E-state index contributed by atoms with van der Waals surface area (Å²) < 4.78 is 69.4. The number of nitrogens with zero attached hydrogens (tertiary/aromatic N) is 1. The van der Waals surface area contributed by atoms with Gasteiger partial charge >= 0.3 is 5.97 Å². The molecule has 2 heterocycles. The zero-order valence-electron chi connectivity index (χ0n) is 20.4. The van der Waals surface area contributed by atoms with Gasteiger partial charge in [0.2, 0.25) is 6.04 Å². The maximum absolute atomic E-state index is 13.8. The van der Waals surface area contributed by atoms with Crippen LogP contribution in [-0.4, -0.2) is 80.4 Å². The summed E-state index contributed by atoms with van der Waals surface area (Å²) in [4.78, 5) is 15.1. The van der Waals surface area contributed by atoms with Crippen molar-refractivity contribution in [2.45, 2.75) is 42.9 Å². The predicted octanol–water partition coefficient (Wildman–Crippen LogP) is -0.283. The number of nitrogens with two attached hydrogens (primary N) is 1. The Kier molecular flexibility index (Phi) is 8.74. The molecule has 2 aliphatic rings. The van der Waals surface area contributed by atoms with E-state index in [1.165, 1.54) is 13.3 Å². The first-order valence-electron chi connectivity index (χ1n) is 11.6. The molecular formula is C25H27F3N3O7+. The molecule has 4 N–H and O–H groups in total. The van der Waals surface area contributed by atoms with Crippen LogP contribution in [-0.2, 0) is 28.5 Å². The number of hydrogen-bond acceptors (Lipinski definition) is 9. The average Bonchev–Trinajstić information content (AvgIpc) is 2.94. The molecule has 2 aliphatic heterocycles. The Morgan fingerprint density at radius 1 is 1.18 bits per heavy atom. The van der Waals surface area contributed by atoms with Crippen LogP contribution in [0.2, 0.25) is 0 Å². The minimum atomic E-state index is -1.72. The topological polar surface area (TPSA) is 136 Å². The van der Waals surface area contributed by atoms with Gasteiger partial charge in [-0.25, -0.2) is 23.0 Å². The van der Waals surface area contributed by atoms with Gasteiger partial charge < -0.3 is 34.6 Å². The van der Waals surface area contributed by atoms with Crippen molar-refractivity contribution in [3.05, 3.63) is 71.0 Å². The fraction of sp³-hybridized carbons (Fsp3) is 0.400. The number of fused-ring (bicyclic) bond motifs is 1. The van der Waals surface area contributed by atoms with E-state index in [2.05, 4.69) is 14.8 Å². The number of carbonyl (C=O) groups excluding carboxylic acids is 1. The predicted molar refractivity (Wildman–Crippen MR) is 125 cm³/mol. The van der Waals surface area contributed by atoms with Gasteiger partial charge in [0.25, 0.3) is 0 Å². The van der Waals surface area contributed by atoms with Gasteiger partial charge in [-0.3, -0.25) is 0 Å². The Labute approximate surface area is 215 Å². The van der Waals surface area contributed by atoms with Gasteiger partial charge in [0.05, 0.1) is 13.7 Å². The van der Waals surface area contributed by atoms with Gasteiger partial charge in [-0.1, -0.05) is 30.3 Å². The first-order chi connectivity index (χ1) is 18.3. The summed E-state index contributed by atoms with van der Waals surface area (Å²) in [6, 6.07) is 9.76. The van der Waals surface area contributed by atoms with Crippen molar-refractivity contribution in [3.63, 3.8) is 0 Å². The molecular weight excluding hydrogens is 511 g/mol. The van der Waals surface area contributed by atoms with Crippen LogP contribution in [0, 0.1) is 17.5 Å². The molecule has 0 bridgehead atoms. The quantitative estimate of drug-likeness (QED) is 0.144. The van der Waals surface area contributed by atoms with Crippen molar-refractivity contribution < 1.29 is 51.7 Å². The average molecular weight is 538 g/mol. The summed E-state index contributed by atoms with van der Waals surface area (Å²) in [7, 11) is 2.46. The normalized spacial score (nSPS) is 28.6. The number of methoxy groups -OCH3 is 2. The number of benzene rings is 2. The maximum Gasteiger partial charge on any atom is 0.337 e. The highest BCUT2D eigenvalue weighted by atomic mass is 19.2. The van der Waals surface area contributed by atoms with Gasteiger partial charge in [-0.15, -0.1) is 0 Å². The van der Waals surface area contributed by atoms with Gasteiger partial charge in [0, 0.05) is 18.2 Å². The number of halogens is 3. The molecule has 2 aromatic rings. The van der Waals surface area contributed by atoms with Gasteiger partial charge in [0.15, 0.2) is 54.0 Å².